The molecular weight excluding hydrogens is 468 g/mol. The van der Waals surface area contributed by atoms with Crippen LogP contribution in [0, 0.1) is 13.8 Å². The molecule has 1 aromatic heterocycles. The number of nitrogens with zero attached hydrogens (tertiary/aromatic N) is 4. The number of ether oxygens (including phenoxy) is 2. The van der Waals surface area contributed by atoms with Crippen molar-refractivity contribution in [2.45, 2.75) is 33.4 Å². The first kappa shape index (κ1) is 24.1. The summed E-state index contributed by atoms with van der Waals surface area (Å²) in [6.07, 6.45) is 0. The Balaban J connectivity index is 1.46. The van der Waals surface area contributed by atoms with Crippen LogP contribution in [0.15, 0.2) is 78.0 Å². The van der Waals surface area contributed by atoms with Gasteiger partial charge in [-0.05, 0) is 66.6 Å². The van der Waals surface area contributed by atoms with Gasteiger partial charge in [-0.25, -0.2) is 0 Å². The van der Waals surface area contributed by atoms with Crippen molar-refractivity contribution < 1.29 is 14.3 Å². The van der Waals surface area contributed by atoms with Crippen LogP contribution >= 0.6 is 0 Å². The second-order valence-electron chi connectivity index (χ2n) is 9.02. The van der Waals surface area contributed by atoms with Crippen molar-refractivity contribution in [2.75, 3.05) is 17.7 Å². The molecule has 0 aliphatic carbocycles. The Labute approximate surface area is 215 Å². The van der Waals surface area contributed by atoms with Crippen molar-refractivity contribution in [2.24, 2.45) is 0 Å². The Morgan fingerprint density at radius 2 is 1.68 bits per heavy atom. The molecule has 1 atom stereocenters. The zero-order valence-corrected chi connectivity index (χ0v) is 21.1. The lowest BCUT2D eigenvalue weighted by Gasteiger charge is -2.28. The van der Waals surface area contributed by atoms with Crippen LogP contribution in [0.1, 0.15) is 35.2 Å². The average molecular weight is 497 g/mol. The molecule has 1 unspecified atom stereocenters. The minimum Gasteiger partial charge on any atom is -0.493 e. The fraction of sp³-hybridized carbons (Fsp3) is 0.214. The Morgan fingerprint density at radius 3 is 2.38 bits per heavy atom. The summed E-state index contributed by atoms with van der Waals surface area (Å²) in [6, 6.07) is 20.9. The summed E-state index contributed by atoms with van der Waals surface area (Å²) < 4.78 is 13.3. The SMILES string of the molecule is COc1cc(C2C(C(=O)Nc3ccc(C)cc3)=C(C)Nc3nnnn32)ccc1OCc1ccc(C)cc1. The van der Waals surface area contributed by atoms with Crippen molar-refractivity contribution in [3.05, 3.63) is 100 Å². The molecule has 0 fully saturated rings. The number of methoxy groups -OCH3 is 1. The van der Waals surface area contributed by atoms with Crippen molar-refractivity contribution in [1.82, 2.24) is 20.2 Å². The number of fused-ring (bicyclic) bond motifs is 1. The summed E-state index contributed by atoms with van der Waals surface area (Å²) in [6.45, 7) is 6.30. The molecule has 1 amide bonds. The first-order valence-electron chi connectivity index (χ1n) is 11.9. The van der Waals surface area contributed by atoms with Gasteiger partial charge in [-0.3, -0.25) is 4.79 Å². The number of aromatic nitrogens is 4. The normalized spacial score (nSPS) is 14.5. The van der Waals surface area contributed by atoms with Gasteiger partial charge >= 0.3 is 0 Å². The van der Waals surface area contributed by atoms with E-state index >= 15 is 0 Å². The maximum absolute atomic E-state index is 13.5. The molecule has 3 aromatic carbocycles. The number of rotatable bonds is 7. The van der Waals surface area contributed by atoms with Crippen LogP contribution in [0.2, 0.25) is 0 Å². The minimum absolute atomic E-state index is 0.251. The van der Waals surface area contributed by atoms with Crippen LogP contribution < -0.4 is 20.1 Å². The third-order valence-electron chi connectivity index (χ3n) is 6.29. The summed E-state index contributed by atoms with van der Waals surface area (Å²) in [5.74, 6) is 1.35. The lowest BCUT2D eigenvalue weighted by molar-refractivity contribution is -0.113. The highest BCUT2D eigenvalue weighted by atomic mass is 16.5. The zero-order valence-electron chi connectivity index (χ0n) is 21.1. The second kappa shape index (κ2) is 10.1. The molecule has 9 nitrogen and oxygen atoms in total. The Bertz CT molecular complexity index is 1460. The van der Waals surface area contributed by atoms with E-state index in [9.17, 15) is 4.79 Å². The van der Waals surface area contributed by atoms with Gasteiger partial charge in [0, 0.05) is 11.4 Å². The van der Waals surface area contributed by atoms with Gasteiger partial charge in [0.1, 0.15) is 12.6 Å². The van der Waals surface area contributed by atoms with Gasteiger partial charge in [0.25, 0.3) is 5.91 Å². The van der Waals surface area contributed by atoms with Crippen LogP contribution in [0.5, 0.6) is 11.5 Å². The topological polar surface area (TPSA) is 103 Å². The Hall–Kier alpha value is -4.66. The summed E-state index contributed by atoms with van der Waals surface area (Å²) in [5.41, 5.74) is 6.01. The van der Waals surface area contributed by atoms with Crippen LogP contribution in [-0.2, 0) is 11.4 Å². The lowest BCUT2D eigenvalue weighted by Crippen LogP contribution is -2.31. The first-order valence-corrected chi connectivity index (χ1v) is 11.9. The maximum Gasteiger partial charge on any atom is 0.255 e. The zero-order chi connectivity index (χ0) is 25.9. The van der Waals surface area contributed by atoms with Gasteiger partial charge in [0.15, 0.2) is 11.5 Å². The predicted octanol–water partition coefficient (Wildman–Crippen LogP) is 4.81. The first-order chi connectivity index (χ1) is 17.9. The van der Waals surface area contributed by atoms with E-state index in [1.165, 1.54) is 5.56 Å². The van der Waals surface area contributed by atoms with Crippen molar-refractivity contribution in [3.8, 4) is 11.5 Å². The molecule has 2 N–H and O–H groups in total. The number of hydrogen-bond donors (Lipinski definition) is 2. The van der Waals surface area contributed by atoms with Crippen molar-refractivity contribution in [3.63, 3.8) is 0 Å². The number of tetrazole rings is 1. The summed E-state index contributed by atoms with van der Waals surface area (Å²) >= 11 is 0. The van der Waals surface area contributed by atoms with E-state index in [0.29, 0.717) is 41.0 Å². The molecule has 0 radical (unpaired) electrons. The largest absolute Gasteiger partial charge is 0.493 e. The number of aryl methyl sites for hydroxylation is 2. The fourth-order valence-electron chi connectivity index (χ4n) is 4.27. The highest BCUT2D eigenvalue weighted by Crippen LogP contribution is 2.38. The summed E-state index contributed by atoms with van der Waals surface area (Å²) in [4.78, 5) is 13.5. The molecule has 1 aliphatic rings. The number of amides is 1. The third kappa shape index (κ3) is 5.02. The minimum atomic E-state index is -0.572. The van der Waals surface area contributed by atoms with Crippen molar-refractivity contribution in [1.29, 1.82) is 0 Å². The number of anilines is 2. The van der Waals surface area contributed by atoms with Crippen LogP contribution in [-0.4, -0.2) is 33.2 Å². The molecule has 2 heterocycles. The molecule has 37 heavy (non-hydrogen) atoms. The van der Waals surface area contributed by atoms with Gasteiger partial charge in [-0.2, -0.15) is 4.68 Å². The van der Waals surface area contributed by atoms with Gasteiger partial charge in [-0.1, -0.05) is 58.7 Å². The van der Waals surface area contributed by atoms with Crippen LogP contribution in [0.25, 0.3) is 0 Å². The molecule has 4 aromatic rings. The van der Waals surface area contributed by atoms with E-state index in [0.717, 1.165) is 16.7 Å². The van der Waals surface area contributed by atoms with E-state index in [1.807, 2.05) is 68.4 Å². The Morgan fingerprint density at radius 1 is 0.973 bits per heavy atom. The molecule has 9 heteroatoms. The molecule has 0 spiro atoms. The number of carbonyl (C=O) groups is 1. The van der Waals surface area contributed by atoms with E-state index in [4.69, 9.17) is 9.47 Å². The van der Waals surface area contributed by atoms with Gasteiger partial charge in [0.2, 0.25) is 5.95 Å². The Kier molecular flexibility index (Phi) is 6.59. The van der Waals surface area contributed by atoms with Gasteiger partial charge in [0.05, 0.1) is 12.7 Å². The number of benzene rings is 3. The number of allylic oxidation sites excluding steroid dienone is 1. The van der Waals surface area contributed by atoms with Crippen LogP contribution in [0.4, 0.5) is 11.6 Å². The number of nitrogens with one attached hydrogen (secondary N) is 2. The van der Waals surface area contributed by atoms with E-state index < -0.39 is 6.04 Å². The van der Waals surface area contributed by atoms with Gasteiger partial charge in [-0.15, -0.1) is 0 Å². The lowest BCUT2D eigenvalue weighted by atomic mass is 9.94. The summed E-state index contributed by atoms with van der Waals surface area (Å²) in [7, 11) is 1.59. The molecule has 0 bridgehead atoms. The quantitative estimate of drug-likeness (QED) is 0.379. The second-order valence-corrected chi connectivity index (χ2v) is 9.02. The monoisotopic (exact) mass is 496 g/mol. The standard InChI is InChI=1S/C28H28N6O3/c1-17-5-9-20(10-6-17)16-37-23-14-11-21(15-24(23)36-4)26-25(19(3)29-28-31-32-33-34(26)28)27(35)30-22-12-7-18(2)8-13-22/h5-15,26H,16H2,1-4H3,(H,30,35)(H,29,31,33). The van der Waals surface area contributed by atoms with Gasteiger partial charge < -0.3 is 20.1 Å². The summed E-state index contributed by atoms with van der Waals surface area (Å²) in [5, 5.41) is 18.2. The number of hydrogen-bond acceptors (Lipinski definition) is 7. The molecule has 5 rings (SSSR count). The van der Waals surface area contributed by atoms with E-state index in [2.05, 4.69) is 45.2 Å². The van der Waals surface area contributed by atoms with Crippen molar-refractivity contribution >= 4 is 17.5 Å². The molecule has 1 aliphatic heterocycles. The average Bonchev–Trinajstić information content (AvgIpc) is 3.37. The fourth-order valence-corrected chi connectivity index (χ4v) is 4.27. The maximum atomic E-state index is 13.5. The molecular formula is C28H28N6O3. The highest BCUT2D eigenvalue weighted by Gasteiger charge is 2.34. The molecule has 0 saturated carbocycles. The third-order valence-corrected chi connectivity index (χ3v) is 6.29. The van der Waals surface area contributed by atoms with E-state index in [-0.39, 0.29) is 5.91 Å². The predicted molar refractivity (Wildman–Crippen MR) is 141 cm³/mol. The van der Waals surface area contributed by atoms with Crippen LogP contribution in [0.3, 0.4) is 0 Å². The smallest absolute Gasteiger partial charge is 0.255 e. The highest BCUT2D eigenvalue weighted by molar-refractivity contribution is 6.06. The molecule has 0 saturated heterocycles. The van der Waals surface area contributed by atoms with E-state index in [1.54, 1.807) is 11.8 Å². The number of carbonyl (C=O) groups excluding carboxylic acids is 1. The molecule has 188 valence electrons.